The number of nitrogens with one attached hydrogen (secondary N) is 2. The van der Waals surface area contributed by atoms with Crippen LogP contribution in [-0.2, 0) is 23.1 Å². The molecule has 1 aromatic rings. The molecule has 1 aromatic heterocycles. The molecule has 0 saturated carbocycles. The van der Waals surface area contributed by atoms with Crippen LogP contribution in [0.15, 0.2) is 6.20 Å². The second-order valence-corrected chi connectivity index (χ2v) is 4.51. The standard InChI is InChI=1S/C12H19N5O4/c1-3-7-9(6-17(2)16-7)15-12(21)14-8(11(19)20)4-5-10(13)18/h6,8H,3-5H2,1-2H3,(H2,13,18)(H,19,20)(H2,14,15,21). The minimum Gasteiger partial charge on any atom is -0.480 e. The van der Waals surface area contributed by atoms with Gasteiger partial charge in [-0.2, -0.15) is 5.10 Å². The highest BCUT2D eigenvalue weighted by Gasteiger charge is 2.21. The van der Waals surface area contributed by atoms with Gasteiger partial charge in [-0.15, -0.1) is 0 Å². The van der Waals surface area contributed by atoms with Crippen molar-refractivity contribution in [3.05, 3.63) is 11.9 Å². The zero-order valence-corrected chi connectivity index (χ0v) is 11.9. The van der Waals surface area contributed by atoms with Crippen molar-refractivity contribution >= 4 is 23.6 Å². The van der Waals surface area contributed by atoms with Crippen LogP contribution in [0.25, 0.3) is 0 Å². The maximum absolute atomic E-state index is 11.8. The number of urea groups is 1. The van der Waals surface area contributed by atoms with E-state index in [0.29, 0.717) is 17.8 Å². The number of nitrogens with zero attached hydrogens (tertiary/aromatic N) is 2. The van der Waals surface area contributed by atoms with E-state index >= 15 is 0 Å². The first-order valence-electron chi connectivity index (χ1n) is 6.44. The molecule has 0 aromatic carbocycles. The van der Waals surface area contributed by atoms with Gasteiger partial charge in [-0.25, -0.2) is 9.59 Å². The number of carbonyl (C=O) groups excluding carboxylic acids is 2. The van der Waals surface area contributed by atoms with Crippen molar-refractivity contribution in [1.82, 2.24) is 15.1 Å². The summed E-state index contributed by atoms with van der Waals surface area (Å²) in [5, 5.41) is 18.0. The highest BCUT2D eigenvalue weighted by Crippen LogP contribution is 2.13. The molecule has 0 aliphatic heterocycles. The van der Waals surface area contributed by atoms with Crippen LogP contribution >= 0.6 is 0 Å². The zero-order chi connectivity index (χ0) is 16.0. The van der Waals surface area contributed by atoms with E-state index in [1.165, 1.54) is 0 Å². The van der Waals surface area contributed by atoms with Gasteiger partial charge in [0.15, 0.2) is 0 Å². The Bertz CT molecular complexity index is 540. The van der Waals surface area contributed by atoms with Crippen LogP contribution in [-0.4, -0.2) is 38.8 Å². The number of nitrogens with two attached hydrogens (primary N) is 1. The molecule has 3 amide bonds. The van der Waals surface area contributed by atoms with Crippen molar-refractivity contribution in [1.29, 1.82) is 0 Å². The van der Waals surface area contributed by atoms with E-state index in [-0.39, 0.29) is 12.8 Å². The third-order valence-electron chi connectivity index (χ3n) is 2.77. The smallest absolute Gasteiger partial charge is 0.326 e. The van der Waals surface area contributed by atoms with Gasteiger partial charge in [-0.05, 0) is 12.8 Å². The molecule has 0 radical (unpaired) electrons. The predicted octanol–water partition coefficient (Wildman–Crippen LogP) is -0.177. The molecular weight excluding hydrogens is 278 g/mol. The Morgan fingerprint density at radius 2 is 2.14 bits per heavy atom. The number of carboxylic acids is 1. The lowest BCUT2D eigenvalue weighted by atomic mass is 10.1. The van der Waals surface area contributed by atoms with Crippen molar-refractivity contribution in [2.75, 3.05) is 5.32 Å². The summed E-state index contributed by atoms with van der Waals surface area (Å²) in [6.45, 7) is 1.89. The van der Waals surface area contributed by atoms with Gasteiger partial charge in [0.1, 0.15) is 6.04 Å². The monoisotopic (exact) mass is 297 g/mol. The van der Waals surface area contributed by atoms with Crippen LogP contribution in [0.5, 0.6) is 0 Å². The molecule has 0 aliphatic carbocycles. The van der Waals surface area contributed by atoms with Crippen LogP contribution in [0.4, 0.5) is 10.5 Å². The molecule has 21 heavy (non-hydrogen) atoms. The van der Waals surface area contributed by atoms with E-state index < -0.39 is 23.9 Å². The first-order valence-corrected chi connectivity index (χ1v) is 6.44. The van der Waals surface area contributed by atoms with Gasteiger partial charge in [-0.1, -0.05) is 6.92 Å². The van der Waals surface area contributed by atoms with E-state index in [9.17, 15) is 14.4 Å². The maximum Gasteiger partial charge on any atom is 0.326 e. The number of anilines is 1. The first kappa shape index (κ1) is 16.5. The molecular formula is C12H19N5O4. The average Bonchev–Trinajstić information content (AvgIpc) is 2.73. The lowest BCUT2D eigenvalue weighted by molar-refractivity contribution is -0.139. The minimum atomic E-state index is -1.23. The molecule has 0 saturated heterocycles. The quantitative estimate of drug-likeness (QED) is 0.553. The summed E-state index contributed by atoms with van der Waals surface area (Å²) >= 11 is 0. The summed E-state index contributed by atoms with van der Waals surface area (Å²) in [6, 6.07) is -1.85. The number of amides is 3. The molecule has 0 fully saturated rings. The predicted molar refractivity (Wildman–Crippen MR) is 74.6 cm³/mol. The molecule has 116 valence electrons. The summed E-state index contributed by atoms with van der Waals surface area (Å²) in [7, 11) is 1.72. The molecule has 9 heteroatoms. The normalized spacial score (nSPS) is 11.7. The molecule has 0 spiro atoms. The van der Waals surface area contributed by atoms with E-state index in [1.54, 1.807) is 17.9 Å². The van der Waals surface area contributed by atoms with Crippen LogP contribution in [0.1, 0.15) is 25.5 Å². The fourth-order valence-corrected chi connectivity index (χ4v) is 1.76. The first-order chi connectivity index (χ1) is 9.83. The number of primary amides is 1. The van der Waals surface area contributed by atoms with Crippen molar-refractivity contribution < 1.29 is 19.5 Å². The van der Waals surface area contributed by atoms with Gasteiger partial charge >= 0.3 is 12.0 Å². The van der Waals surface area contributed by atoms with Crippen LogP contribution in [0.2, 0.25) is 0 Å². The van der Waals surface area contributed by atoms with Crippen molar-refractivity contribution in [3.8, 4) is 0 Å². The van der Waals surface area contributed by atoms with Crippen LogP contribution in [0, 0.1) is 0 Å². The number of hydrogen-bond acceptors (Lipinski definition) is 4. The molecule has 1 unspecified atom stereocenters. The molecule has 0 aliphatic rings. The van der Waals surface area contributed by atoms with E-state index in [1.807, 2.05) is 6.92 Å². The Morgan fingerprint density at radius 1 is 1.48 bits per heavy atom. The number of aryl methyl sites for hydroxylation is 2. The van der Waals surface area contributed by atoms with E-state index in [0.717, 1.165) is 0 Å². The summed E-state index contributed by atoms with van der Waals surface area (Å²) < 4.78 is 1.55. The molecule has 5 N–H and O–H groups in total. The number of carboxylic acid groups (broad SMARTS) is 1. The zero-order valence-electron chi connectivity index (χ0n) is 11.9. The molecule has 1 heterocycles. The Hall–Kier alpha value is -2.58. The fraction of sp³-hybridized carbons (Fsp3) is 0.500. The summed E-state index contributed by atoms with van der Waals surface area (Å²) in [4.78, 5) is 33.5. The van der Waals surface area contributed by atoms with Gasteiger partial charge in [0.05, 0.1) is 11.4 Å². The topological polar surface area (TPSA) is 139 Å². The van der Waals surface area contributed by atoms with Crippen LogP contribution < -0.4 is 16.4 Å². The van der Waals surface area contributed by atoms with Crippen molar-refractivity contribution in [2.45, 2.75) is 32.2 Å². The number of aromatic nitrogens is 2. The van der Waals surface area contributed by atoms with Gasteiger partial charge in [0.25, 0.3) is 0 Å². The molecule has 1 rings (SSSR count). The van der Waals surface area contributed by atoms with E-state index in [2.05, 4.69) is 15.7 Å². The molecule has 1 atom stereocenters. The lowest BCUT2D eigenvalue weighted by Gasteiger charge is -2.14. The van der Waals surface area contributed by atoms with E-state index in [4.69, 9.17) is 10.8 Å². The Morgan fingerprint density at radius 3 is 2.67 bits per heavy atom. The number of hydrogen-bond donors (Lipinski definition) is 4. The second kappa shape index (κ2) is 7.27. The average molecular weight is 297 g/mol. The second-order valence-electron chi connectivity index (χ2n) is 4.51. The maximum atomic E-state index is 11.8. The minimum absolute atomic E-state index is 0.0637. The summed E-state index contributed by atoms with van der Waals surface area (Å²) in [6.07, 6.45) is 2.06. The van der Waals surface area contributed by atoms with Gasteiger partial charge in [-0.3, -0.25) is 9.48 Å². The van der Waals surface area contributed by atoms with Gasteiger partial charge in [0, 0.05) is 19.7 Å². The highest BCUT2D eigenvalue weighted by atomic mass is 16.4. The highest BCUT2D eigenvalue weighted by molar-refractivity contribution is 5.92. The van der Waals surface area contributed by atoms with Gasteiger partial charge < -0.3 is 21.5 Å². The SMILES string of the molecule is CCc1nn(C)cc1NC(=O)NC(CCC(N)=O)C(=O)O. The third-order valence-corrected chi connectivity index (χ3v) is 2.77. The number of aliphatic carboxylic acids is 1. The summed E-state index contributed by atoms with van der Waals surface area (Å²) in [5.74, 6) is -1.85. The van der Waals surface area contributed by atoms with Gasteiger partial charge in [0.2, 0.25) is 5.91 Å². The molecule has 0 bridgehead atoms. The largest absolute Gasteiger partial charge is 0.480 e. The number of rotatable bonds is 7. The third kappa shape index (κ3) is 5.13. The Labute approximate surface area is 121 Å². The lowest BCUT2D eigenvalue weighted by Crippen LogP contribution is -2.43. The van der Waals surface area contributed by atoms with Crippen molar-refractivity contribution in [3.63, 3.8) is 0 Å². The summed E-state index contributed by atoms with van der Waals surface area (Å²) in [5.41, 5.74) is 6.17. The Kier molecular flexibility index (Phi) is 5.70. The fourth-order valence-electron chi connectivity index (χ4n) is 1.76. The Balaban J connectivity index is 2.65. The molecule has 9 nitrogen and oxygen atoms in total. The number of carbonyl (C=O) groups is 3. The van der Waals surface area contributed by atoms with Crippen LogP contribution in [0.3, 0.4) is 0 Å². The van der Waals surface area contributed by atoms with Crippen molar-refractivity contribution in [2.24, 2.45) is 12.8 Å².